The normalized spacial score (nSPS) is 23.1. The lowest BCUT2D eigenvalue weighted by Crippen LogP contribution is -2.46. The Morgan fingerprint density at radius 2 is 1.55 bits per heavy atom. The molecule has 198 valence electrons. The summed E-state index contributed by atoms with van der Waals surface area (Å²) < 4.78 is 0. The van der Waals surface area contributed by atoms with Gasteiger partial charge in [-0.15, -0.1) is 0 Å². The Morgan fingerprint density at radius 1 is 0.850 bits per heavy atom. The Morgan fingerprint density at radius 3 is 2.25 bits per heavy atom. The van der Waals surface area contributed by atoms with Crippen LogP contribution in [0.5, 0.6) is 0 Å². The molecule has 0 spiro atoms. The molecule has 2 fully saturated rings. The number of hydrogen-bond acceptors (Lipinski definition) is 7. The summed E-state index contributed by atoms with van der Waals surface area (Å²) in [5, 5.41) is 11.8. The summed E-state index contributed by atoms with van der Waals surface area (Å²) >= 11 is 6.01. The fraction of sp³-hybridized carbons (Fsp3) is 0.133. The van der Waals surface area contributed by atoms with Crippen molar-refractivity contribution in [2.24, 2.45) is 11.8 Å². The van der Waals surface area contributed by atoms with E-state index in [0.29, 0.717) is 21.7 Å². The molecule has 0 bridgehead atoms. The minimum Gasteiger partial charge on any atom is -0.359 e. The van der Waals surface area contributed by atoms with Gasteiger partial charge in [0.1, 0.15) is 6.04 Å². The second-order valence-corrected chi connectivity index (χ2v) is 10.2. The summed E-state index contributed by atoms with van der Waals surface area (Å²) in [6, 6.07) is 18.3. The molecule has 0 radical (unpaired) electrons. The number of hydrogen-bond donors (Lipinski definition) is 0. The van der Waals surface area contributed by atoms with E-state index in [-0.39, 0.29) is 22.9 Å². The number of halogens is 1. The van der Waals surface area contributed by atoms with Crippen molar-refractivity contribution >= 4 is 46.4 Å². The number of nitro benzene ring substituents is 1. The molecule has 3 heterocycles. The van der Waals surface area contributed by atoms with Crippen LogP contribution < -0.4 is 4.90 Å². The van der Waals surface area contributed by atoms with Gasteiger partial charge in [-0.05, 0) is 36.4 Å². The van der Waals surface area contributed by atoms with E-state index in [9.17, 15) is 29.3 Å². The van der Waals surface area contributed by atoms with Crippen LogP contribution in [0.4, 0.5) is 11.4 Å². The monoisotopic (exact) mass is 553 g/mol. The summed E-state index contributed by atoms with van der Waals surface area (Å²) in [4.78, 5) is 68.2. The molecule has 0 aromatic heterocycles. The van der Waals surface area contributed by atoms with Gasteiger partial charge in [0.2, 0.25) is 11.8 Å². The van der Waals surface area contributed by atoms with Crippen LogP contribution in [0.15, 0.2) is 103 Å². The molecule has 3 aromatic carbocycles. The first-order valence-corrected chi connectivity index (χ1v) is 12.8. The third-order valence-electron chi connectivity index (χ3n) is 7.54. The quantitative estimate of drug-likeness (QED) is 0.189. The van der Waals surface area contributed by atoms with E-state index in [4.69, 9.17) is 11.6 Å². The van der Waals surface area contributed by atoms with Crippen molar-refractivity contribution in [1.82, 2.24) is 4.90 Å². The topological polar surface area (TPSA) is 118 Å². The van der Waals surface area contributed by atoms with Crippen LogP contribution in [0.1, 0.15) is 20.7 Å². The van der Waals surface area contributed by atoms with E-state index >= 15 is 0 Å². The lowest BCUT2D eigenvalue weighted by molar-refractivity contribution is -0.384. The van der Waals surface area contributed by atoms with Crippen LogP contribution >= 0.6 is 11.6 Å². The van der Waals surface area contributed by atoms with Gasteiger partial charge < -0.3 is 4.90 Å². The summed E-state index contributed by atoms with van der Waals surface area (Å²) in [7, 11) is 0. The molecule has 9 nitrogen and oxygen atoms in total. The zero-order chi connectivity index (χ0) is 28.1. The van der Waals surface area contributed by atoms with E-state index in [1.807, 2.05) is 0 Å². The largest absolute Gasteiger partial charge is 0.359 e. The molecule has 4 atom stereocenters. The van der Waals surface area contributed by atoms with Gasteiger partial charge in [0, 0.05) is 40.1 Å². The second-order valence-electron chi connectivity index (χ2n) is 9.73. The molecule has 40 heavy (non-hydrogen) atoms. The number of carbonyl (C=O) groups is 4. The van der Waals surface area contributed by atoms with Crippen molar-refractivity contribution in [3.05, 3.63) is 129 Å². The molecule has 2 saturated heterocycles. The number of carbonyl (C=O) groups excluding carboxylic acids is 4. The Balaban J connectivity index is 1.44. The highest BCUT2D eigenvalue weighted by atomic mass is 35.5. The molecule has 2 amide bonds. The minimum absolute atomic E-state index is 0.0544. The number of nitrogens with zero attached hydrogens (tertiary/aromatic N) is 3. The number of imide groups is 1. The maximum atomic E-state index is 13.9. The number of rotatable bonds is 6. The molecule has 3 aliphatic rings. The van der Waals surface area contributed by atoms with Crippen molar-refractivity contribution in [2.45, 2.75) is 12.1 Å². The molecular formula is C30H20ClN3O6. The van der Waals surface area contributed by atoms with Gasteiger partial charge in [0.15, 0.2) is 11.6 Å². The maximum absolute atomic E-state index is 13.9. The number of non-ortho nitro benzene ring substituents is 1. The molecule has 3 aliphatic heterocycles. The van der Waals surface area contributed by atoms with Crippen molar-refractivity contribution in [2.75, 3.05) is 4.90 Å². The minimum atomic E-state index is -1.08. The number of nitro groups is 1. The summed E-state index contributed by atoms with van der Waals surface area (Å²) in [5.74, 6) is -3.92. The number of Topliss-reactive ketones (excluding diaryl/α,β-unsaturated/α-hetero) is 2. The van der Waals surface area contributed by atoms with E-state index in [1.165, 1.54) is 18.2 Å². The van der Waals surface area contributed by atoms with Crippen LogP contribution in [0, 0.1) is 22.0 Å². The van der Waals surface area contributed by atoms with Crippen molar-refractivity contribution < 1.29 is 24.1 Å². The standard InChI is InChI=1S/C30H20ClN3O6/c31-20-11-9-18(10-12-20)28(36)26-25-24(29(37)33(30(25)38)21-7-4-8-22(16-21)34(39)40)23-15-19(13-14-32(23)26)27(35)17-5-2-1-3-6-17/h1-16,23-26H/t23-,24+,25-,26-/m1/s1. The zero-order valence-corrected chi connectivity index (χ0v) is 21.5. The van der Waals surface area contributed by atoms with Crippen LogP contribution in [0.25, 0.3) is 0 Å². The van der Waals surface area contributed by atoms with E-state index < -0.39 is 40.7 Å². The predicted molar refractivity (Wildman–Crippen MR) is 146 cm³/mol. The Bertz CT molecular complexity index is 1650. The number of benzene rings is 3. The fourth-order valence-corrected chi connectivity index (χ4v) is 5.87. The third-order valence-corrected chi connectivity index (χ3v) is 7.79. The lowest BCUT2D eigenvalue weighted by Gasteiger charge is -2.32. The predicted octanol–water partition coefficient (Wildman–Crippen LogP) is 4.63. The average molecular weight is 554 g/mol. The fourth-order valence-electron chi connectivity index (χ4n) is 5.74. The first-order chi connectivity index (χ1) is 19.3. The van der Waals surface area contributed by atoms with E-state index in [1.54, 1.807) is 77.8 Å². The highest BCUT2D eigenvalue weighted by Gasteiger charge is 2.63. The number of anilines is 1. The molecular weight excluding hydrogens is 534 g/mol. The molecule has 0 N–H and O–H groups in total. The van der Waals surface area contributed by atoms with Gasteiger partial charge in [0.25, 0.3) is 5.69 Å². The molecule has 0 saturated carbocycles. The molecule has 6 rings (SSSR count). The highest BCUT2D eigenvalue weighted by Crippen LogP contribution is 2.47. The number of allylic oxidation sites excluding steroid dienone is 2. The van der Waals surface area contributed by atoms with Crippen LogP contribution in [0.3, 0.4) is 0 Å². The Labute approximate surface area is 233 Å². The smallest absolute Gasteiger partial charge is 0.271 e. The van der Waals surface area contributed by atoms with Gasteiger partial charge in [-0.25, -0.2) is 4.90 Å². The SMILES string of the molecule is O=C(C1=C[C@@H]2[C@@H]3C(=O)N(c4cccc([N+](=O)[O-])c4)C(=O)[C@H]3[C@H](C(=O)c3ccc(Cl)cc3)N2C=C1)c1ccccc1. The first-order valence-electron chi connectivity index (χ1n) is 12.5. The molecule has 0 unspecified atom stereocenters. The van der Waals surface area contributed by atoms with E-state index in [2.05, 4.69) is 0 Å². The Hall–Kier alpha value is -4.89. The number of ketones is 2. The van der Waals surface area contributed by atoms with Crippen molar-refractivity contribution in [3.8, 4) is 0 Å². The number of fused-ring (bicyclic) bond motifs is 3. The lowest BCUT2D eigenvalue weighted by atomic mass is 9.85. The van der Waals surface area contributed by atoms with Crippen LogP contribution in [-0.2, 0) is 9.59 Å². The zero-order valence-electron chi connectivity index (χ0n) is 20.7. The molecule has 3 aromatic rings. The van der Waals surface area contributed by atoms with Crippen LogP contribution in [-0.4, -0.2) is 45.3 Å². The van der Waals surface area contributed by atoms with Crippen molar-refractivity contribution in [3.63, 3.8) is 0 Å². The van der Waals surface area contributed by atoms with Gasteiger partial charge in [0.05, 0.1) is 28.5 Å². The first kappa shape index (κ1) is 25.4. The average Bonchev–Trinajstić information content (AvgIpc) is 3.44. The van der Waals surface area contributed by atoms with Crippen LogP contribution in [0.2, 0.25) is 5.02 Å². The number of amides is 2. The van der Waals surface area contributed by atoms with Gasteiger partial charge in [-0.3, -0.25) is 29.3 Å². The van der Waals surface area contributed by atoms with Gasteiger partial charge in [-0.1, -0.05) is 54.1 Å². The Kier molecular flexibility index (Phi) is 6.15. The summed E-state index contributed by atoms with van der Waals surface area (Å²) in [6.45, 7) is 0. The summed E-state index contributed by atoms with van der Waals surface area (Å²) in [6.07, 6.45) is 4.81. The molecule has 10 heteroatoms. The van der Waals surface area contributed by atoms with Gasteiger partial charge in [-0.2, -0.15) is 0 Å². The van der Waals surface area contributed by atoms with Gasteiger partial charge >= 0.3 is 0 Å². The third kappa shape index (κ3) is 4.02. The highest BCUT2D eigenvalue weighted by molar-refractivity contribution is 6.30. The maximum Gasteiger partial charge on any atom is 0.271 e. The van der Waals surface area contributed by atoms with E-state index in [0.717, 1.165) is 11.0 Å². The van der Waals surface area contributed by atoms with Crippen molar-refractivity contribution in [1.29, 1.82) is 0 Å². The second kappa shape index (κ2) is 9.69. The molecule has 0 aliphatic carbocycles. The summed E-state index contributed by atoms with van der Waals surface area (Å²) in [5.41, 5.74) is 0.883.